The molecule has 16 heavy (non-hydrogen) atoms. The van der Waals surface area contributed by atoms with E-state index in [-0.39, 0.29) is 11.7 Å². The van der Waals surface area contributed by atoms with E-state index in [0.717, 1.165) is 31.6 Å². The summed E-state index contributed by atoms with van der Waals surface area (Å²) in [5.41, 5.74) is 6.81. The van der Waals surface area contributed by atoms with Gasteiger partial charge in [0, 0.05) is 12.5 Å². The fourth-order valence-corrected chi connectivity index (χ4v) is 2.42. The largest absolute Gasteiger partial charge is 0.381 e. The van der Waals surface area contributed by atoms with Crippen molar-refractivity contribution in [3.63, 3.8) is 0 Å². The minimum absolute atomic E-state index is 0.187. The van der Waals surface area contributed by atoms with E-state index in [9.17, 15) is 4.39 Å². The van der Waals surface area contributed by atoms with E-state index in [1.54, 1.807) is 12.1 Å². The van der Waals surface area contributed by atoms with Gasteiger partial charge in [-0.15, -0.1) is 0 Å². The van der Waals surface area contributed by atoms with Crippen LogP contribution in [-0.4, -0.2) is 19.8 Å². The monoisotopic (exact) mass is 223 g/mol. The van der Waals surface area contributed by atoms with Gasteiger partial charge in [-0.3, -0.25) is 0 Å². The first kappa shape index (κ1) is 11.6. The van der Waals surface area contributed by atoms with Gasteiger partial charge in [0.05, 0.1) is 6.61 Å². The Balaban J connectivity index is 2.14. The van der Waals surface area contributed by atoms with Crippen molar-refractivity contribution in [2.24, 2.45) is 11.7 Å². The molecule has 2 nitrogen and oxygen atoms in total. The third-order valence-electron chi connectivity index (χ3n) is 3.30. The molecule has 1 fully saturated rings. The van der Waals surface area contributed by atoms with E-state index in [2.05, 4.69) is 0 Å². The first-order valence-corrected chi connectivity index (χ1v) is 5.84. The van der Waals surface area contributed by atoms with Gasteiger partial charge in [-0.05, 0) is 43.0 Å². The average molecular weight is 223 g/mol. The third-order valence-corrected chi connectivity index (χ3v) is 3.30. The third kappa shape index (κ3) is 2.60. The smallest absolute Gasteiger partial charge is 0.123 e. The van der Waals surface area contributed by atoms with Gasteiger partial charge in [-0.2, -0.15) is 0 Å². The minimum atomic E-state index is -0.187. The number of halogens is 1. The van der Waals surface area contributed by atoms with Crippen molar-refractivity contribution in [2.45, 2.75) is 18.8 Å². The SMILES string of the molecule is NCC(c1cccc(F)c1)C1CCCOC1. The lowest BCUT2D eigenvalue weighted by molar-refractivity contribution is 0.0450. The van der Waals surface area contributed by atoms with Crippen LogP contribution in [0, 0.1) is 11.7 Å². The molecule has 1 aromatic carbocycles. The van der Waals surface area contributed by atoms with Crippen LogP contribution in [0.3, 0.4) is 0 Å². The predicted molar refractivity (Wildman–Crippen MR) is 61.7 cm³/mol. The van der Waals surface area contributed by atoms with E-state index in [0.29, 0.717) is 12.5 Å². The highest BCUT2D eigenvalue weighted by Crippen LogP contribution is 2.30. The second-order valence-electron chi connectivity index (χ2n) is 4.37. The average Bonchev–Trinajstić information content (AvgIpc) is 2.31. The van der Waals surface area contributed by atoms with Crippen molar-refractivity contribution < 1.29 is 9.13 Å². The van der Waals surface area contributed by atoms with Gasteiger partial charge in [-0.1, -0.05) is 12.1 Å². The number of benzene rings is 1. The van der Waals surface area contributed by atoms with Crippen LogP contribution in [0.15, 0.2) is 24.3 Å². The van der Waals surface area contributed by atoms with Crippen LogP contribution in [0.5, 0.6) is 0 Å². The van der Waals surface area contributed by atoms with Gasteiger partial charge in [0.25, 0.3) is 0 Å². The molecule has 2 rings (SSSR count). The summed E-state index contributed by atoms with van der Waals surface area (Å²) >= 11 is 0. The second kappa shape index (κ2) is 5.41. The lowest BCUT2D eigenvalue weighted by atomic mass is 9.83. The first-order chi connectivity index (χ1) is 7.81. The van der Waals surface area contributed by atoms with Crippen molar-refractivity contribution in [1.29, 1.82) is 0 Å². The molecule has 1 saturated heterocycles. The molecule has 0 aromatic heterocycles. The molecule has 1 heterocycles. The second-order valence-corrected chi connectivity index (χ2v) is 4.37. The molecule has 2 unspecified atom stereocenters. The molecule has 0 saturated carbocycles. The highest BCUT2D eigenvalue weighted by molar-refractivity contribution is 5.22. The van der Waals surface area contributed by atoms with Gasteiger partial charge in [-0.25, -0.2) is 4.39 Å². The van der Waals surface area contributed by atoms with Crippen LogP contribution in [0.2, 0.25) is 0 Å². The number of nitrogens with two attached hydrogens (primary N) is 1. The molecule has 0 aliphatic carbocycles. The standard InChI is InChI=1S/C13H18FNO/c14-12-5-1-3-10(7-12)13(8-15)11-4-2-6-16-9-11/h1,3,5,7,11,13H,2,4,6,8-9,15H2. The van der Waals surface area contributed by atoms with Crippen LogP contribution >= 0.6 is 0 Å². The van der Waals surface area contributed by atoms with Crippen molar-refractivity contribution in [3.8, 4) is 0 Å². The summed E-state index contributed by atoms with van der Waals surface area (Å²) in [5.74, 6) is 0.462. The maximum atomic E-state index is 13.2. The fraction of sp³-hybridized carbons (Fsp3) is 0.538. The number of hydrogen-bond donors (Lipinski definition) is 1. The van der Waals surface area contributed by atoms with E-state index < -0.39 is 0 Å². The molecule has 0 amide bonds. The molecule has 0 radical (unpaired) electrons. The lowest BCUT2D eigenvalue weighted by Gasteiger charge is -2.29. The molecule has 1 aliphatic heterocycles. The molecule has 2 N–H and O–H groups in total. The van der Waals surface area contributed by atoms with Crippen molar-refractivity contribution in [2.75, 3.05) is 19.8 Å². The van der Waals surface area contributed by atoms with Gasteiger partial charge < -0.3 is 10.5 Å². The number of ether oxygens (including phenoxy) is 1. The molecule has 1 aromatic rings. The zero-order valence-electron chi connectivity index (χ0n) is 9.36. The molecule has 2 atom stereocenters. The zero-order chi connectivity index (χ0) is 11.4. The Bertz CT molecular complexity index is 336. The van der Waals surface area contributed by atoms with Crippen molar-refractivity contribution in [1.82, 2.24) is 0 Å². The maximum Gasteiger partial charge on any atom is 0.123 e. The minimum Gasteiger partial charge on any atom is -0.381 e. The highest BCUT2D eigenvalue weighted by Gasteiger charge is 2.24. The molecule has 88 valence electrons. The molecule has 0 bridgehead atoms. The lowest BCUT2D eigenvalue weighted by Crippen LogP contribution is -2.28. The van der Waals surface area contributed by atoms with Crippen molar-refractivity contribution in [3.05, 3.63) is 35.6 Å². The predicted octanol–water partition coefficient (Wildman–Crippen LogP) is 2.29. The van der Waals surface area contributed by atoms with E-state index in [1.165, 1.54) is 6.07 Å². The molecule has 1 aliphatic rings. The van der Waals surface area contributed by atoms with Crippen LogP contribution in [0.25, 0.3) is 0 Å². The molecule has 3 heteroatoms. The zero-order valence-corrected chi connectivity index (χ0v) is 9.36. The summed E-state index contributed by atoms with van der Waals surface area (Å²) < 4.78 is 18.6. The van der Waals surface area contributed by atoms with Gasteiger partial charge in [0.1, 0.15) is 5.82 Å². The van der Waals surface area contributed by atoms with Gasteiger partial charge in [0.15, 0.2) is 0 Å². The first-order valence-electron chi connectivity index (χ1n) is 5.84. The summed E-state index contributed by atoms with van der Waals surface area (Å²) in [7, 11) is 0. The van der Waals surface area contributed by atoms with Crippen LogP contribution in [0.4, 0.5) is 4.39 Å². The van der Waals surface area contributed by atoms with E-state index in [4.69, 9.17) is 10.5 Å². The van der Waals surface area contributed by atoms with Crippen LogP contribution < -0.4 is 5.73 Å². The maximum absolute atomic E-state index is 13.2. The topological polar surface area (TPSA) is 35.2 Å². The van der Waals surface area contributed by atoms with Gasteiger partial charge >= 0.3 is 0 Å². The van der Waals surface area contributed by atoms with Crippen LogP contribution in [0.1, 0.15) is 24.3 Å². The Morgan fingerprint density at radius 2 is 2.38 bits per heavy atom. The van der Waals surface area contributed by atoms with E-state index in [1.807, 2.05) is 6.07 Å². The Labute approximate surface area is 95.6 Å². The summed E-state index contributed by atoms with van der Waals surface area (Å²) in [4.78, 5) is 0. The summed E-state index contributed by atoms with van der Waals surface area (Å²) in [6.45, 7) is 2.15. The van der Waals surface area contributed by atoms with Crippen molar-refractivity contribution >= 4 is 0 Å². The summed E-state index contributed by atoms with van der Waals surface area (Å²) in [5, 5.41) is 0. The van der Waals surface area contributed by atoms with E-state index >= 15 is 0 Å². The quantitative estimate of drug-likeness (QED) is 0.853. The normalized spacial score (nSPS) is 23.0. The van der Waals surface area contributed by atoms with Crippen LogP contribution in [-0.2, 0) is 4.74 Å². The Morgan fingerprint density at radius 1 is 1.50 bits per heavy atom. The highest BCUT2D eigenvalue weighted by atomic mass is 19.1. The molecule has 0 spiro atoms. The summed E-state index contributed by atoms with van der Waals surface area (Å²) in [6.07, 6.45) is 2.20. The van der Waals surface area contributed by atoms with Gasteiger partial charge in [0.2, 0.25) is 0 Å². The Hall–Kier alpha value is -0.930. The fourth-order valence-electron chi connectivity index (χ4n) is 2.42. The Kier molecular flexibility index (Phi) is 3.91. The Morgan fingerprint density at radius 3 is 3.00 bits per heavy atom. The molecular formula is C13H18FNO. The number of hydrogen-bond acceptors (Lipinski definition) is 2. The molecular weight excluding hydrogens is 205 g/mol. The number of rotatable bonds is 3. The summed E-state index contributed by atoms with van der Waals surface area (Å²) in [6, 6.07) is 6.76.